The van der Waals surface area contributed by atoms with E-state index in [4.69, 9.17) is 5.73 Å². The lowest BCUT2D eigenvalue weighted by atomic mass is 9.98. The van der Waals surface area contributed by atoms with Crippen LogP contribution in [0.5, 0.6) is 0 Å². The van der Waals surface area contributed by atoms with Crippen molar-refractivity contribution in [1.82, 2.24) is 10.6 Å². The summed E-state index contributed by atoms with van der Waals surface area (Å²) in [5, 5.41) is 7.38. The van der Waals surface area contributed by atoms with Gasteiger partial charge in [0.2, 0.25) is 5.91 Å². The Morgan fingerprint density at radius 2 is 1.92 bits per heavy atom. The summed E-state index contributed by atoms with van der Waals surface area (Å²) < 4.78 is 12.9. The number of carbonyl (C=O) groups excluding carboxylic acids is 2. The van der Waals surface area contributed by atoms with Crippen molar-refractivity contribution in [2.24, 2.45) is 11.7 Å². The molecule has 0 aliphatic carbocycles. The number of carbonyl (C=O) groups is 2. The van der Waals surface area contributed by atoms with Crippen molar-refractivity contribution >= 4 is 23.3 Å². The first kappa shape index (κ1) is 17.9. The summed E-state index contributed by atoms with van der Waals surface area (Å²) in [5.41, 5.74) is 6.17. The van der Waals surface area contributed by atoms with Crippen molar-refractivity contribution in [2.75, 3.05) is 13.1 Å². The first-order valence-electron chi connectivity index (χ1n) is 7.62. The van der Waals surface area contributed by atoms with Gasteiger partial charge in [-0.25, -0.2) is 9.18 Å². The second-order valence-corrected chi connectivity index (χ2v) is 6.43. The van der Waals surface area contributed by atoms with Crippen LogP contribution in [-0.4, -0.2) is 25.0 Å². The molecule has 1 atom stereocenters. The minimum absolute atomic E-state index is 0.136. The third-order valence-corrected chi connectivity index (χ3v) is 4.48. The highest BCUT2D eigenvalue weighted by molar-refractivity contribution is 7.09. The molecule has 3 amide bonds. The van der Waals surface area contributed by atoms with Crippen LogP contribution in [0.4, 0.5) is 9.18 Å². The molecule has 1 aromatic heterocycles. The number of nitrogens with two attached hydrogens (primary N) is 1. The molecule has 5 nitrogen and oxygen atoms in total. The number of hydrogen-bond acceptors (Lipinski definition) is 3. The monoisotopic (exact) mass is 349 g/mol. The molecule has 1 heterocycles. The topological polar surface area (TPSA) is 84.2 Å². The number of nitrogens with one attached hydrogen (secondary N) is 2. The van der Waals surface area contributed by atoms with Gasteiger partial charge in [-0.15, -0.1) is 11.3 Å². The molecule has 0 aliphatic rings. The number of urea groups is 1. The van der Waals surface area contributed by atoms with Crippen LogP contribution >= 0.6 is 11.3 Å². The van der Waals surface area contributed by atoms with Crippen LogP contribution in [0.25, 0.3) is 0 Å². The van der Waals surface area contributed by atoms with Crippen molar-refractivity contribution in [3.05, 3.63) is 58.0 Å². The maximum absolute atomic E-state index is 12.9. The zero-order valence-electron chi connectivity index (χ0n) is 13.1. The third kappa shape index (κ3) is 6.00. The number of amides is 3. The van der Waals surface area contributed by atoms with Crippen LogP contribution in [0.15, 0.2) is 41.8 Å². The van der Waals surface area contributed by atoms with Gasteiger partial charge in [0.15, 0.2) is 0 Å². The molecular weight excluding hydrogens is 329 g/mol. The summed E-state index contributed by atoms with van der Waals surface area (Å²) in [6.45, 7) is 0.656. The van der Waals surface area contributed by atoms with E-state index in [2.05, 4.69) is 10.6 Å². The zero-order chi connectivity index (χ0) is 17.4. The number of hydrogen-bond donors (Lipinski definition) is 3. The first-order chi connectivity index (χ1) is 11.5. The van der Waals surface area contributed by atoms with Crippen LogP contribution < -0.4 is 16.4 Å². The van der Waals surface area contributed by atoms with Gasteiger partial charge in [-0.05, 0) is 42.0 Å². The van der Waals surface area contributed by atoms with Gasteiger partial charge in [-0.1, -0.05) is 18.2 Å². The average Bonchev–Trinajstić information content (AvgIpc) is 3.06. The number of halogens is 1. The van der Waals surface area contributed by atoms with E-state index in [0.717, 1.165) is 12.0 Å². The smallest absolute Gasteiger partial charge is 0.314 e. The Bertz CT molecular complexity index is 659. The minimum Gasteiger partial charge on any atom is -0.369 e. The third-order valence-electron chi connectivity index (χ3n) is 3.54. The molecule has 2 aromatic rings. The van der Waals surface area contributed by atoms with Gasteiger partial charge in [-0.3, -0.25) is 4.79 Å². The Balaban J connectivity index is 1.74. The minimum atomic E-state index is -0.543. The fourth-order valence-electron chi connectivity index (χ4n) is 2.21. The van der Waals surface area contributed by atoms with Gasteiger partial charge in [0.05, 0.1) is 5.92 Å². The van der Waals surface area contributed by atoms with E-state index < -0.39 is 11.8 Å². The Kier molecular flexibility index (Phi) is 6.74. The largest absolute Gasteiger partial charge is 0.369 e. The lowest BCUT2D eigenvalue weighted by molar-refractivity contribution is -0.121. The van der Waals surface area contributed by atoms with Crippen LogP contribution in [-0.2, 0) is 17.6 Å². The Morgan fingerprint density at radius 1 is 1.17 bits per heavy atom. The molecule has 0 saturated heterocycles. The Labute approximate surface area is 144 Å². The maximum atomic E-state index is 12.9. The van der Waals surface area contributed by atoms with Crippen LogP contribution in [0.3, 0.4) is 0 Å². The van der Waals surface area contributed by atoms with Crippen molar-refractivity contribution in [3.8, 4) is 0 Å². The summed E-state index contributed by atoms with van der Waals surface area (Å²) in [7, 11) is 0. The molecule has 0 radical (unpaired) electrons. The van der Waals surface area contributed by atoms with Crippen molar-refractivity contribution in [1.29, 1.82) is 0 Å². The van der Waals surface area contributed by atoms with Crippen LogP contribution in [0, 0.1) is 11.7 Å². The van der Waals surface area contributed by atoms with E-state index >= 15 is 0 Å². The summed E-state index contributed by atoms with van der Waals surface area (Å²) in [5.74, 6) is -1.38. The highest BCUT2D eigenvalue weighted by atomic mass is 32.1. The quantitative estimate of drug-likeness (QED) is 0.682. The van der Waals surface area contributed by atoms with Crippen molar-refractivity contribution in [3.63, 3.8) is 0 Å². The molecule has 1 unspecified atom stereocenters. The molecular formula is C17H20FN3O2S. The lowest BCUT2D eigenvalue weighted by Crippen LogP contribution is -2.42. The van der Waals surface area contributed by atoms with Gasteiger partial charge in [-0.2, -0.15) is 0 Å². The van der Waals surface area contributed by atoms with E-state index in [0.29, 0.717) is 13.0 Å². The van der Waals surface area contributed by atoms with E-state index in [1.807, 2.05) is 17.5 Å². The molecule has 1 aromatic carbocycles. The predicted molar refractivity (Wildman–Crippen MR) is 92.2 cm³/mol. The number of thiophene rings is 1. The van der Waals surface area contributed by atoms with E-state index in [1.165, 1.54) is 17.0 Å². The molecule has 2 rings (SSSR count). The first-order valence-corrected chi connectivity index (χ1v) is 8.50. The highest BCUT2D eigenvalue weighted by Crippen LogP contribution is 2.10. The average molecular weight is 349 g/mol. The fraction of sp³-hybridized carbons (Fsp3) is 0.294. The lowest BCUT2D eigenvalue weighted by Gasteiger charge is -2.15. The summed E-state index contributed by atoms with van der Waals surface area (Å²) >= 11 is 1.64. The van der Waals surface area contributed by atoms with Crippen molar-refractivity contribution in [2.45, 2.75) is 12.8 Å². The normalized spacial score (nSPS) is 11.7. The van der Waals surface area contributed by atoms with Gasteiger partial charge < -0.3 is 16.4 Å². The maximum Gasteiger partial charge on any atom is 0.314 e. The van der Waals surface area contributed by atoms with E-state index in [1.54, 1.807) is 23.5 Å². The van der Waals surface area contributed by atoms with Crippen molar-refractivity contribution < 1.29 is 14.0 Å². The van der Waals surface area contributed by atoms with Gasteiger partial charge >= 0.3 is 6.03 Å². The molecule has 0 fully saturated rings. The number of benzene rings is 1. The zero-order valence-corrected chi connectivity index (χ0v) is 13.9. The standard InChI is InChI=1S/C17H20FN3O2S/c18-14-5-3-12(4-6-14)10-13(16(19)22)11-21-17(23)20-8-7-15-2-1-9-24-15/h1-6,9,13H,7-8,10-11H2,(H2,19,22)(H2,20,21,23). The molecule has 0 bridgehead atoms. The van der Waals surface area contributed by atoms with Crippen LogP contribution in [0.1, 0.15) is 10.4 Å². The molecule has 4 N–H and O–H groups in total. The summed E-state index contributed by atoms with van der Waals surface area (Å²) in [4.78, 5) is 24.5. The summed E-state index contributed by atoms with van der Waals surface area (Å²) in [6.07, 6.45) is 1.12. The SMILES string of the molecule is NC(=O)C(CNC(=O)NCCc1cccs1)Cc1ccc(F)cc1. The summed E-state index contributed by atoms with van der Waals surface area (Å²) in [6, 6.07) is 9.51. The van der Waals surface area contributed by atoms with E-state index in [-0.39, 0.29) is 18.4 Å². The Hall–Kier alpha value is -2.41. The number of rotatable bonds is 8. The van der Waals surface area contributed by atoms with Gasteiger partial charge in [0, 0.05) is 18.0 Å². The highest BCUT2D eigenvalue weighted by Gasteiger charge is 2.17. The number of primary amides is 1. The van der Waals surface area contributed by atoms with Gasteiger partial charge in [0.1, 0.15) is 5.82 Å². The molecule has 7 heteroatoms. The Morgan fingerprint density at radius 3 is 2.54 bits per heavy atom. The molecule has 0 aliphatic heterocycles. The fourth-order valence-corrected chi connectivity index (χ4v) is 2.92. The second kappa shape index (κ2) is 9.02. The molecule has 24 heavy (non-hydrogen) atoms. The molecule has 0 saturated carbocycles. The van der Waals surface area contributed by atoms with Crippen LogP contribution in [0.2, 0.25) is 0 Å². The predicted octanol–water partition coefficient (Wildman–Crippen LogP) is 2.07. The van der Waals surface area contributed by atoms with E-state index in [9.17, 15) is 14.0 Å². The molecule has 0 spiro atoms. The van der Waals surface area contributed by atoms with Gasteiger partial charge in [0.25, 0.3) is 0 Å². The second-order valence-electron chi connectivity index (χ2n) is 5.40. The molecule has 128 valence electrons.